The van der Waals surface area contributed by atoms with Gasteiger partial charge < -0.3 is 25.4 Å². The molecule has 1 aliphatic rings. The zero-order chi connectivity index (χ0) is 23.1. The summed E-state index contributed by atoms with van der Waals surface area (Å²) < 4.78 is 5.25. The Morgan fingerprint density at radius 2 is 1.62 bits per heavy atom. The van der Waals surface area contributed by atoms with E-state index >= 15 is 0 Å². The maximum absolute atomic E-state index is 12.7. The van der Waals surface area contributed by atoms with Gasteiger partial charge in [-0.15, -0.1) is 0 Å². The molecule has 3 aromatic carbocycles. The van der Waals surface area contributed by atoms with Crippen LogP contribution in [0.2, 0.25) is 0 Å². The van der Waals surface area contributed by atoms with Crippen molar-refractivity contribution in [3.8, 4) is 5.75 Å². The smallest absolute Gasteiger partial charge is 0.257 e. The highest BCUT2D eigenvalue weighted by molar-refractivity contribution is 5.99. The average Bonchev–Trinajstić information content (AvgIpc) is 2.86. The monoisotopic (exact) mass is 437 g/mol. The molecule has 0 bridgehead atoms. The van der Waals surface area contributed by atoms with Crippen LogP contribution in [0, 0.1) is 0 Å². The predicted molar refractivity (Wildman–Crippen MR) is 125 cm³/mol. The Bertz CT molecular complexity index is 1130. The van der Waals surface area contributed by atoms with Crippen molar-refractivity contribution in [2.24, 2.45) is 0 Å². The molecule has 0 saturated carbocycles. The van der Waals surface area contributed by atoms with Gasteiger partial charge in [0, 0.05) is 19.6 Å². The number of phenols is 1. The first-order chi connectivity index (χ1) is 15.6. The summed E-state index contributed by atoms with van der Waals surface area (Å²) in [6, 6.07) is 14.1. The molecule has 8 nitrogen and oxygen atoms in total. The van der Waals surface area contributed by atoms with Gasteiger partial charge in [-0.25, -0.2) is 0 Å². The van der Waals surface area contributed by atoms with Crippen LogP contribution in [0.4, 0.5) is 17.1 Å². The van der Waals surface area contributed by atoms with Gasteiger partial charge in [0.2, 0.25) is 0 Å². The van der Waals surface area contributed by atoms with Crippen molar-refractivity contribution in [1.82, 2.24) is 4.90 Å². The van der Waals surface area contributed by atoms with Crippen LogP contribution in [0.15, 0.2) is 58.1 Å². The molecule has 8 heteroatoms. The fourth-order valence-corrected chi connectivity index (χ4v) is 3.35. The number of aromatic hydroxyl groups is 1. The van der Waals surface area contributed by atoms with Crippen LogP contribution in [0.25, 0.3) is 0 Å². The lowest BCUT2D eigenvalue weighted by Crippen LogP contribution is -2.40. The number of para-hydroxylation sites is 1. The molecule has 0 aliphatic carbocycles. The van der Waals surface area contributed by atoms with Gasteiger partial charge in [0.25, 0.3) is 16.8 Å². The number of ether oxygens (including phenoxy) is 1. The number of hydrogen-bond donors (Lipinski definition) is 3. The normalized spacial score (nSPS) is 13.2. The Kier molecular flexibility index (Phi) is 7.62. The van der Waals surface area contributed by atoms with Gasteiger partial charge in [0.15, 0.2) is 5.75 Å². The molecule has 1 heterocycles. The third-order valence-corrected chi connectivity index (χ3v) is 5.05. The van der Waals surface area contributed by atoms with Gasteiger partial charge in [0.1, 0.15) is 11.4 Å². The number of nitrogens with zero attached hydrogens (tertiary/aromatic N) is 1. The van der Waals surface area contributed by atoms with Gasteiger partial charge in [-0.2, -0.15) is 0 Å². The molecule has 0 radical (unpaired) electrons. The van der Waals surface area contributed by atoms with Crippen molar-refractivity contribution in [3.63, 3.8) is 0 Å². The Labute approximate surface area is 186 Å². The minimum absolute atomic E-state index is 0.0715. The van der Waals surface area contributed by atoms with Crippen molar-refractivity contribution in [2.45, 2.75) is 20.4 Å². The number of amides is 1. The first-order valence-electron chi connectivity index (χ1n) is 10.6. The van der Waals surface area contributed by atoms with Crippen molar-refractivity contribution in [3.05, 3.63) is 80.1 Å². The molecule has 3 N–H and O–H groups in total. The molecule has 0 spiro atoms. The van der Waals surface area contributed by atoms with Crippen molar-refractivity contribution in [1.29, 1.82) is 0 Å². The third-order valence-electron chi connectivity index (χ3n) is 5.05. The maximum Gasteiger partial charge on any atom is 0.257 e. The number of carbonyl (C=O) groups excluding carboxylic acids is 1. The van der Waals surface area contributed by atoms with E-state index in [9.17, 15) is 19.5 Å². The summed E-state index contributed by atoms with van der Waals surface area (Å²) in [5, 5.41) is 16.4. The van der Waals surface area contributed by atoms with Crippen molar-refractivity contribution < 1.29 is 14.6 Å². The minimum Gasteiger partial charge on any atom is -0.505 e. The standard InChI is InChI=1S/C22H21N3O5.C2H6/c26-19-15(22(29)25-9-11-30-12-10-25)7-4-8-16(19)24-18-17(20(27)21(18)28)23-13-14-5-2-1-3-6-14;1-2/h1-8,23-24,26H,9-13H2;1-2H3. The molecule has 0 aromatic heterocycles. The van der Waals surface area contributed by atoms with Gasteiger partial charge in [0.05, 0.1) is 24.5 Å². The minimum atomic E-state index is -0.671. The highest BCUT2D eigenvalue weighted by atomic mass is 16.5. The molecule has 32 heavy (non-hydrogen) atoms. The molecule has 0 atom stereocenters. The molecule has 1 aliphatic heterocycles. The largest absolute Gasteiger partial charge is 0.505 e. The second-order valence-electron chi connectivity index (χ2n) is 6.98. The van der Waals surface area contributed by atoms with Gasteiger partial charge in [-0.05, 0) is 17.7 Å². The lowest BCUT2D eigenvalue weighted by atomic mass is 10.1. The van der Waals surface area contributed by atoms with E-state index in [1.165, 1.54) is 6.07 Å². The van der Waals surface area contributed by atoms with Gasteiger partial charge in [-0.3, -0.25) is 14.4 Å². The van der Waals surface area contributed by atoms with E-state index in [4.69, 9.17) is 4.74 Å². The zero-order valence-electron chi connectivity index (χ0n) is 18.2. The predicted octanol–water partition coefficient (Wildman–Crippen LogP) is 2.84. The molecule has 4 rings (SSSR count). The van der Waals surface area contributed by atoms with Crippen LogP contribution in [0.1, 0.15) is 29.8 Å². The van der Waals surface area contributed by atoms with Crippen LogP contribution in [-0.2, 0) is 11.3 Å². The van der Waals surface area contributed by atoms with Crippen LogP contribution in [0.5, 0.6) is 5.75 Å². The summed E-state index contributed by atoms with van der Waals surface area (Å²) in [5.74, 6) is -0.581. The highest BCUT2D eigenvalue weighted by Gasteiger charge is 2.25. The molecular weight excluding hydrogens is 410 g/mol. The molecule has 1 amide bonds. The molecule has 0 unspecified atom stereocenters. The van der Waals surface area contributed by atoms with Gasteiger partial charge in [-0.1, -0.05) is 50.2 Å². The number of rotatable bonds is 6. The van der Waals surface area contributed by atoms with Crippen molar-refractivity contribution in [2.75, 3.05) is 36.9 Å². The van der Waals surface area contributed by atoms with E-state index < -0.39 is 10.9 Å². The third kappa shape index (κ3) is 4.81. The van der Waals surface area contributed by atoms with E-state index in [1.54, 1.807) is 17.0 Å². The molecule has 1 saturated heterocycles. The summed E-state index contributed by atoms with van der Waals surface area (Å²) in [6.07, 6.45) is 0. The summed E-state index contributed by atoms with van der Waals surface area (Å²) in [4.78, 5) is 38.4. The summed E-state index contributed by atoms with van der Waals surface area (Å²) >= 11 is 0. The molecule has 168 valence electrons. The number of benzene rings is 2. The summed E-state index contributed by atoms with van der Waals surface area (Å²) in [5.41, 5.74) is 0.208. The van der Waals surface area contributed by atoms with Crippen LogP contribution < -0.4 is 21.5 Å². The van der Waals surface area contributed by atoms with E-state index in [1.807, 2.05) is 44.2 Å². The molecule has 3 aromatic rings. The van der Waals surface area contributed by atoms with E-state index in [0.29, 0.717) is 32.8 Å². The highest BCUT2D eigenvalue weighted by Crippen LogP contribution is 2.32. The SMILES string of the molecule is CC.O=C(c1cccc(Nc2c(NCc3ccccc3)c(=O)c2=O)c1O)N1CCOCC1. The zero-order valence-corrected chi connectivity index (χ0v) is 18.2. The number of anilines is 3. The van der Waals surface area contributed by atoms with E-state index in [2.05, 4.69) is 10.6 Å². The Hall–Kier alpha value is -3.65. The van der Waals surface area contributed by atoms with Crippen LogP contribution in [-0.4, -0.2) is 42.2 Å². The first-order valence-corrected chi connectivity index (χ1v) is 10.6. The second-order valence-corrected chi connectivity index (χ2v) is 6.98. The fourth-order valence-electron chi connectivity index (χ4n) is 3.35. The Morgan fingerprint density at radius 3 is 2.31 bits per heavy atom. The van der Waals surface area contributed by atoms with E-state index in [0.717, 1.165) is 5.56 Å². The topological polar surface area (TPSA) is 108 Å². The first kappa shape index (κ1) is 23.0. The average molecular weight is 437 g/mol. The summed E-state index contributed by atoms with van der Waals surface area (Å²) in [7, 11) is 0. The number of carbonyl (C=O) groups is 1. The van der Waals surface area contributed by atoms with Crippen LogP contribution >= 0.6 is 0 Å². The van der Waals surface area contributed by atoms with Crippen LogP contribution in [0.3, 0.4) is 0 Å². The maximum atomic E-state index is 12.7. The lowest BCUT2D eigenvalue weighted by Gasteiger charge is -2.27. The molecule has 1 fully saturated rings. The fraction of sp³-hybridized carbons (Fsp3) is 0.292. The number of phenolic OH excluding ortho intramolecular Hbond substituents is 1. The van der Waals surface area contributed by atoms with Crippen molar-refractivity contribution >= 4 is 23.0 Å². The number of morpholine rings is 1. The van der Waals surface area contributed by atoms with E-state index in [-0.39, 0.29) is 34.3 Å². The lowest BCUT2D eigenvalue weighted by molar-refractivity contribution is 0.0301. The van der Waals surface area contributed by atoms with Gasteiger partial charge >= 0.3 is 0 Å². The second kappa shape index (κ2) is 10.6. The quantitative estimate of drug-likeness (QED) is 0.402. The Morgan fingerprint density at radius 1 is 0.969 bits per heavy atom. The number of nitrogens with one attached hydrogen (secondary N) is 2. The Balaban J connectivity index is 0.00000141. The summed E-state index contributed by atoms with van der Waals surface area (Å²) in [6.45, 7) is 6.17. The number of hydrogen-bond acceptors (Lipinski definition) is 7. The molecular formula is C24H27N3O5.